The summed E-state index contributed by atoms with van der Waals surface area (Å²) < 4.78 is 67.3. The van der Waals surface area contributed by atoms with Crippen LogP contribution in [0.25, 0.3) is 22.3 Å². The van der Waals surface area contributed by atoms with E-state index in [1.54, 1.807) is 35.5 Å². The molecular weight excluding hydrogens is 546 g/mol. The fraction of sp³-hybridized carbons (Fsp3) is 0.250. The van der Waals surface area contributed by atoms with E-state index < -0.39 is 10.2 Å². The monoisotopic (exact) mass is 575 g/mol. The number of nitrogens with one attached hydrogen (secondary N) is 1. The normalized spacial score (nSPS) is 11.5. The summed E-state index contributed by atoms with van der Waals surface area (Å²) in [6.07, 6.45) is 0.795. The summed E-state index contributed by atoms with van der Waals surface area (Å²) in [5.41, 5.74) is 2.76. The fourth-order valence-corrected chi connectivity index (χ4v) is 3.95. The highest BCUT2D eigenvalue weighted by Gasteiger charge is 2.13. The summed E-state index contributed by atoms with van der Waals surface area (Å²) in [5, 5.41) is 1.87. The van der Waals surface area contributed by atoms with Crippen LogP contribution in [0.3, 0.4) is 0 Å². The second-order valence-electron chi connectivity index (χ2n) is 8.20. The molecule has 0 aliphatic heterocycles. The number of benzene rings is 3. The van der Waals surface area contributed by atoms with Crippen LogP contribution in [-0.2, 0) is 6.42 Å². The lowest BCUT2D eigenvalue weighted by atomic mass is 10.1. The average Bonchev–Trinajstić information content (AvgIpc) is 2.95. The van der Waals surface area contributed by atoms with Gasteiger partial charge in [-0.15, -0.1) is 10.2 Å². The maximum absolute atomic E-state index is 8.49. The molecule has 12 heteroatoms. The van der Waals surface area contributed by atoms with Gasteiger partial charge in [-0.05, 0) is 54.1 Å². The predicted molar refractivity (Wildman–Crippen MR) is 134 cm³/mol. The van der Waals surface area contributed by atoms with E-state index in [1.165, 1.54) is 0 Å². The van der Waals surface area contributed by atoms with E-state index in [4.69, 9.17) is 46.7 Å². The van der Waals surface area contributed by atoms with E-state index in [0.29, 0.717) is 29.6 Å². The minimum absolute atomic E-state index is 0.637. The van der Waals surface area contributed by atoms with Crippen LogP contribution in [0, 0.1) is 10.2 Å². The number of hydrogen-bond donors (Lipinski definition) is 1. The van der Waals surface area contributed by atoms with Gasteiger partial charge in [0, 0.05) is 12.0 Å². The average molecular weight is 576 g/mol. The van der Waals surface area contributed by atoms with Crippen LogP contribution in [0.2, 0.25) is 0 Å². The maximum atomic E-state index is 8.49. The van der Waals surface area contributed by atoms with Crippen molar-refractivity contribution in [2.45, 2.75) is 6.42 Å². The Bertz CT molecular complexity index is 1490. The van der Waals surface area contributed by atoms with Gasteiger partial charge in [0.1, 0.15) is 23.6 Å². The van der Waals surface area contributed by atoms with E-state index in [9.17, 15) is 0 Å². The molecule has 0 spiro atoms. The number of methoxy groups -OCH3 is 5. The molecule has 4 aromatic rings. The van der Waals surface area contributed by atoms with Gasteiger partial charge in [-0.25, -0.2) is 23.6 Å². The smallest absolute Gasteiger partial charge is 0.213 e. The first-order chi connectivity index (χ1) is 19.1. The molecule has 4 rings (SSSR count). The van der Waals surface area contributed by atoms with Gasteiger partial charge in [-0.3, -0.25) is 0 Å². The summed E-state index contributed by atoms with van der Waals surface area (Å²) in [7, 11) is 3.22. The highest BCUT2D eigenvalue weighted by Crippen LogP contribution is 2.33. The van der Waals surface area contributed by atoms with Crippen molar-refractivity contribution in [1.29, 1.82) is 0 Å². The minimum atomic E-state index is -4.94. The van der Waals surface area contributed by atoms with Crippen molar-refractivity contribution in [3.63, 3.8) is 0 Å². The Hall–Kier alpha value is -4.00. The Kier molecular flexibility index (Phi) is 10.6. The molecule has 0 amide bonds. The lowest BCUT2D eigenvalue weighted by molar-refractivity contribution is -2.00. The molecule has 1 aromatic heterocycles. The quantitative estimate of drug-likeness (QED) is 0.251. The van der Waals surface area contributed by atoms with Gasteiger partial charge in [0.15, 0.2) is 23.0 Å². The van der Waals surface area contributed by atoms with Crippen molar-refractivity contribution in [2.24, 2.45) is 0 Å². The van der Waals surface area contributed by atoms with Crippen LogP contribution in [0.4, 0.5) is 0 Å². The second-order valence-corrected chi connectivity index (χ2v) is 8.96. The molecule has 0 saturated heterocycles. The van der Waals surface area contributed by atoms with Crippen LogP contribution in [0.15, 0.2) is 65.1 Å². The van der Waals surface area contributed by atoms with Gasteiger partial charge in [-0.2, -0.15) is 0 Å². The van der Waals surface area contributed by atoms with Crippen LogP contribution in [0.1, 0.15) is 5.56 Å². The zero-order valence-electron chi connectivity index (χ0n) is 22.6. The summed E-state index contributed by atoms with van der Waals surface area (Å²) in [5.74, 6) is 4.20. The first kappa shape index (κ1) is 30.5. The largest absolute Gasteiger partial charge is 0.497 e. The highest BCUT2D eigenvalue weighted by atomic mass is 35.7. The zero-order chi connectivity index (χ0) is 29.3. The third-order valence-corrected chi connectivity index (χ3v) is 5.82. The van der Waals surface area contributed by atoms with Crippen molar-refractivity contribution in [2.75, 3.05) is 42.1 Å². The summed E-state index contributed by atoms with van der Waals surface area (Å²) >= 11 is 0. The van der Waals surface area contributed by atoms with Crippen molar-refractivity contribution < 1.29 is 62.0 Å². The number of halogens is 1. The van der Waals surface area contributed by atoms with Gasteiger partial charge in [0.25, 0.3) is 0 Å². The molecule has 0 bridgehead atoms. The molecule has 0 saturated carbocycles. The zero-order valence-corrected chi connectivity index (χ0v) is 23.4. The van der Waals surface area contributed by atoms with Crippen LogP contribution < -0.4 is 52.7 Å². The molecule has 40 heavy (non-hydrogen) atoms. The molecule has 0 unspecified atom stereocenters. The van der Waals surface area contributed by atoms with E-state index in [0.717, 1.165) is 45.4 Å². The Morgan fingerprint density at radius 3 is 1.88 bits per heavy atom. The van der Waals surface area contributed by atoms with Crippen molar-refractivity contribution in [3.05, 3.63) is 71.6 Å². The van der Waals surface area contributed by atoms with E-state index in [2.05, 4.69) is 4.99 Å². The summed E-state index contributed by atoms with van der Waals surface area (Å²) in [4.78, 5) is 3.57. The lowest BCUT2D eigenvalue weighted by Gasteiger charge is -2.17. The van der Waals surface area contributed by atoms with Crippen LogP contribution in [0.5, 0.6) is 28.7 Å². The summed E-state index contributed by atoms with van der Waals surface area (Å²) in [6, 6.07) is 19.4. The first-order valence-electron chi connectivity index (χ1n) is 11.8. The first-order valence-corrected chi connectivity index (χ1v) is 13.1. The standard InChI is InChI=1S/C28H29NO6.ClHO4/c1-30-20-8-11-23-21(16-20)22(29-13-12-18-6-9-24(31-2)27(14-18)33-4)17-26(35-23)19-7-10-25(32-3)28(15-19)34-5;2-1(3,4)5/h6-11,14-17H,12-13H2,1-5H3;(H,2,3,4,5). The third-order valence-electron chi connectivity index (χ3n) is 5.82. The molecule has 0 fully saturated rings. The fourth-order valence-electron chi connectivity index (χ4n) is 3.95. The van der Waals surface area contributed by atoms with Gasteiger partial charge < -0.3 is 28.1 Å². The van der Waals surface area contributed by atoms with Gasteiger partial charge >= 0.3 is 0 Å². The Labute approximate surface area is 233 Å². The summed E-state index contributed by atoms with van der Waals surface area (Å²) in [6.45, 7) is 0.706. The highest BCUT2D eigenvalue weighted by molar-refractivity contribution is 5.79. The van der Waals surface area contributed by atoms with E-state index in [1.807, 2.05) is 60.7 Å². The van der Waals surface area contributed by atoms with Gasteiger partial charge in [0.05, 0.1) is 47.0 Å². The topological polar surface area (TPSA) is 166 Å². The molecule has 0 atom stereocenters. The Balaban J connectivity index is 0.000000810. The Morgan fingerprint density at radius 1 is 0.675 bits per heavy atom. The minimum Gasteiger partial charge on any atom is -0.497 e. The molecule has 1 heterocycles. The molecule has 3 aromatic carbocycles. The number of fused-ring (bicyclic) bond motifs is 1. The van der Waals surface area contributed by atoms with E-state index >= 15 is 0 Å². The number of rotatable bonds is 9. The van der Waals surface area contributed by atoms with Crippen molar-refractivity contribution in [3.8, 4) is 40.1 Å². The Morgan fingerprint density at radius 2 is 1.27 bits per heavy atom. The number of hydrogen-bond acceptors (Lipinski definition) is 10. The second kappa shape index (κ2) is 13.9. The van der Waals surface area contributed by atoms with Crippen LogP contribution in [-0.4, -0.2) is 42.1 Å². The molecule has 1 N–H and O–H groups in total. The maximum Gasteiger partial charge on any atom is 0.213 e. The third kappa shape index (κ3) is 8.25. The predicted octanol–water partition coefficient (Wildman–Crippen LogP) is -1.39. The van der Waals surface area contributed by atoms with Crippen LogP contribution >= 0.6 is 0 Å². The molecule has 0 aliphatic carbocycles. The van der Waals surface area contributed by atoms with E-state index in [-0.39, 0.29) is 0 Å². The van der Waals surface area contributed by atoms with Gasteiger partial charge in [0.2, 0.25) is 5.36 Å². The van der Waals surface area contributed by atoms with Crippen molar-refractivity contribution in [1.82, 2.24) is 0 Å². The molecule has 11 nitrogen and oxygen atoms in total. The molecule has 0 aliphatic rings. The number of ether oxygens (including phenoxy) is 5. The lowest BCUT2D eigenvalue weighted by Crippen LogP contribution is -2.77. The van der Waals surface area contributed by atoms with Gasteiger partial charge in [-0.1, -0.05) is 6.07 Å². The molecule has 0 radical (unpaired) electrons. The van der Waals surface area contributed by atoms with Crippen molar-refractivity contribution >= 4 is 11.0 Å². The molecule has 214 valence electrons. The molecular formula is C28H30ClNO10. The SMILES string of the molecule is COc1ccc2oc(-c3ccc(OC)c(OC)c3)cc(=[NH+]CCc3ccc(OC)c(OC)c3)c2c1.[O-][Cl+3]([O-])([O-])[O-].